The summed E-state index contributed by atoms with van der Waals surface area (Å²) in [6.07, 6.45) is 1.42. The Balaban J connectivity index is 2.65. The molecule has 2 N–H and O–H groups in total. The zero-order valence-electron chi connectivity index (χ0n) is 7.58. The maximum atomic E-state index is 11.1. The molecule has 0 bridgehead atoms. The molecule has 15 heavy (non-hydrogen) atoms. The summed E-state index contributed by atoms with van der Waals surface area (Å²) in [5, 5.41) is 0.514. The highest BCUT2D eigenvalue weighted by atomic mass is 35.5. The molecule has 2 aromatic rings. The van der Waals surface area contributed by atoms with Crippen LogP contribution in [0.1, 0.15) is 0 Å². The molecule has 0 aliphatic rings. The van der Waals surface area contributed by atoms with Gasteiger partial charge in [0.2, 0.25) is 0 Å². The van der Waals surface area contributed by atoms with Crippen LogP contribution in [0.25, 0.3) is 11.3 Å². The van der Waals surface area contributed by atoms with Crippen molar-refractivity contribution in [3.8, 4) is 11.3 Å². The van der Waals surface area contributed by atoms with Crippen molar-refractivity contribution in [2.24, 2.45) is 0 Å². The Bertz CT molecular complexity index is 601. The zero-order valence-corrected chi connectivity index (χ0v) is 8.34. The van der Waals surface area contributed by atoms with Crippen molar-refractivity contribution < 1.29 is 0 Å². The van der Waals surface area contributed by atoms with Crippen molar-refractivity contribution in [1.82, 2.24) is 9.97 Å². The Hall–Kier alpha value is -1.81. The number of nitrogens with one attached hydrogen (secondary N) is 2. The molecular weight excluding hydrogens is 216 g/mol. The van der Waals surface area contributed by atoms with E-state index in [2.05, 4.69) is 9.97 Å². The second-order valence-corrected chi connectivity index (χ2v) is 3.37. The normalized spacial score (nSPS) is 10.2. The van der Waals surface area contributed by atoms with E-state index in [4.69, 9.17) is 11.6 Å². The minimum Gasteiger partial charge on any atom is -0.322 e. The maximum absolute atomic E-state index is 11.1. The van der Waals surface area contributed by atoms with Crippen molar-refractivity contribution in [1.29, 1.82) is 0 Å². The molecule has 0 fully saturated rings. The van der Waals surface area contributed by atoms with Crippen LogP contribution in [-0.4, -0.2) is 9.97 Å². The van der Waals surface area contributed by atoms with Gasteiger partial charge < -0.3 is 9.97 Å². The van der Waals surface area contributed by atoms with Crippen molar-refractivity contribution in [2.75, 3.05) is 0 Å². The molecule has 0 unspecified atom stereocenters. The molecule has 2 rings (SSSR count). The number of hydrogen-bond donors (Lipinski definition) is 2. The summed E-state index contributed by atoms with van der Waals surface area (Å²) >= 11 is 5.94. The molecule has 0 saturated carbocycles. The number of hydrogen-bond acceptors (Lipinski definition) is 2. The first kappa shape index (κ1) is 9.73. The van der Waals surface area contributed by atoms with E-state index in [1.807, 2.05) is 0 Å². The van der Waals surface area contributed by atoms with Gasteiger partial charge in [0.05, 0.1) is 5.69 Å². The van der Waals surface area contributed by atoms with Crippen LogP contribution in [0.2, 0.25) is 5.02 Å². The largest absolute Gasteiger partial charge is 0.322 e. The predicted molar refractivity (Wildman–Crippen MR) is 58.1 cm³/mol. The summed E-state index contributed by atoms with van der Waals surface area (Å²) in [6.45, 7) is 0. The van der Waals surface area contributed by atoms with E-state index in [1.165, 1.54) is 6.20 Å². The molecular formula is C10H7ClN2O2. The first-order chi connectivity index (χ1) is 7.18. The second-order valence-electron chi connectivity index (χ2n) is 2.97. The Morgan fingerprint density at radius 2 is 1.80 bits per heavy atom. The SMILES string of the molecule is O=c1[nH]cc(-c2ccccc2Cl)[nH]c1=O. The van der Waals surface area contributed by atoms with E-state index < -0.39 is 11.1 Å². The molecule has 4 nitrogen and oxygen atoms in total. The number of aromatic nitrogens is 2. The zero-order chi connectivity index (χ0) is 10.8. The number of halogens is 1. The molecule has 0 aliphatic carbocycles. The standard InChI is InChI=1S/C10H7ClN2O2/c11-7-4-2-1-3-6(7)8-5-12-9(14)10(15)13-8/h1-5H,(H,12,14)(H,13,15). The van der Waals surface area contributed by atoms with Gasteiger partial charge in [-0.05, 0) is 6.07 Å². The fourth-order valence-corrected chi connectivity index (χ4v) is 1.48. The van der Waals surface area contributed by atoms with Crippen LogP contribution in [0.3, 0.4) is 0 Å². The summed E-state index contributed by atoms with van der Waals surface area (Å²) in [5.41, 5.74) is -0.198. The number of benzene rings is 1. The van der Waals surface area contributed by atoms with Crippen molar-refractivity contribution >= 4 is 11.6 Å². The van der Waals surface area contributed by atoms with Crippen LogP contribution in [0.4, 0.5) is 0 Å². The Labute approximate surface area is 89.6 Å². The van der Waals surface area contributed by atoms with Gasteiger partial charge in [-0.3, -0.25) is 9.59 Å². The van der Waals surface area contributed by atoms with Crippen LogP contribution in [0.15, 0.2) is 40.1 Å². The van der Waals surface area contributed by atoms with Crippen LogP contribution >= 0.6 is 11.6 Å². The van der Waals surface area contributed by atoms with Gasteiger partial charge in [-0.1, -0.05) is 29.8 Å². The third-order valence-corrected chi connectivity index (χ3v) is 2.30. The summed E-state index contributed by atoms with van der Waals surface area (Å²) < 4.78 is 0. The van der Waals surface area contributed by atoms with Gasteiger partial charge in [-0.2, -0.15) is 0 Å². The first-order valence-corrected chi connectivity index (χ1v) is 4.63. The van der Waals surface area contributed by atoms with Crippen LogP contribution in [0.5, 0.6) is 0 Å². The lowest BCUT2D eigenvalue weighted by atomic mass is 10.2. The molecule has 1 aromatic carbocycles. The third-order valence-electron chi connectivity index (χ3n) is 1.97. The topological polar surface area (TPSA) is 65.7 Å². The molecule has 1 heterocycles. The average Bonchev–Trinajstić information content (AvgIpc) is 2.23. The van der Waals surface area contributed by atoms with E-state index in [0.29, 0.717) is 16.3 Å². The lowest BCUT2D eigenvalue weighted by Gasteiger charge is -2.02. The van der Waals surface area contributed by atoms with E-state index in [9.17, 15) is 9.59 Å². The van der Waals surface area contributed by atoms with Gasteiger partial charge in [0.25, 0.3) is 0 Å². The molecule has 5 heteroatoms. The minimum absolute atomic E-state index is 0.491. The second kappa shape index (κ2) is 3.74. The number of aromatic amines is 2. The Kier molecular flexibility index (Phi) is 2.43. The summed E-state index contributed by atoms with van der Waals surface area (Å²) in [6, 6.07) is 7.05. The van der Waals surface area contributed by atoms with Crippen LogP contribution in [-0.2, 0) is 0 Å². The summed E-state index contributed by atoms with van der Waals surface area (Å²) in [5.74, 6) is 0. The van der Waals surface area contributed by atoms with Gasteiger partial charge in [0.15, 0.2) is 0 Å². The fourth-order valence-electron chi connectivity index (χ4n) is 1.24. The third kappa shape index (κ3) is 1.85. The number of H-pyrrole nitrogens is 2. The Morgan fingerprint density at radius 3 is 2.47 bits per heavy atom. The highest BCUT2D eigenvalue weighted by Gasteiger charge is 2.03. The van der Waals surface area contributed by atoms with E-state index in [0.717, 1.165) is 0 Å². The average molecular weight is 223 g/mol. The van der Waals surface area contributed by atoms with E-state index in [1.54, 1.807) is 24.3 Å². The molecule has 0 aliphatic heterocycles. The van der Waals surface area contributed by atoms with Crippen molar-refractivity contribution in [2.45, 2.75) is 0 Å². The molecule has 0 radical (unpaired) electrons. The highest BCUT2D eigenvalue weighted by Crippen LogP contribution is 2.23. The molecule has 0 amide bonds. The van der Waals surface area contributed by atoms with Gasteiger partial charge in [-0.15, -0.1) is 0 Å². The summed E-state index contributed by atoms with van der Waals surface area (Å²) in [7, 11) is 0. The van der Waals surface area contributed by atoms with Crippen molar-refractivity contribution in [3.63, 3.8) is 0 Å². The van der Waals surface area contributed by atoms with E-state index >= 15 is 0 Å². The Morgan fingerprint density at radius 1 is 1.07 bits per heavy atom. The van der Waals surface area contributed by atoms with E-state index in [-0.39, 0.29) is 0 Å². The minimum atomic E-state index is -0.688. The highest BCUT2D eigenvalue weighted by molar-refractivity contribution is 6.33. The quantitative estimate of drug-likeness (QED) is 0.716. The molecule has 76 valence electrons. The van der Waals surface area contributed by atoms with Crippen molar-refractivity contribution in [3.05, 3.63) is 56.2 Å². The maximum Gasteiger partial charge on any atom is 0.314 e. The van der Waals surface area contributed by atoms with Gasteiger partial charge in [-0.25, -0.2) is 0 Å². The fraction of sp³-hybridized carbons (Fsp3) is 0. The van der Waals surface area contributed by atoms with Crippen LogP contribution < -0.4 is 11.1 Å². The monoisotopic (exact) mass is 222 g/mol. The predicted octanol–water partition coefficient (Wildman–Crippen LogP) is 1.38. The lowest BCUT2D eigenvalue weighted by molar-refractivity contribution is 1.08. The van der Waals surface area contributed by atoms with Gasteiger partial charge in [0, 0.05) is 16.8 Å². The number of rotatable bonds is 1. The van der Waals surface area contributed by atoms with Gasteiger partial charge >= 0.3 is 11.1 Å². The van der Waals surface area contributed by atoms with Crippen LogP contribution in [0, 0.1) is 0 Å². The molecule has 0 spiro atoms. The molecule has 0 saturated heterocycles. The summed E-state index contributed by atoms with van der Waals surface area (Å²) in [4.78, 5) is 26.7. The first-order valence-electron chi connectivity index (χ1n) is 4.25. The lowest BCUT2D eigenvalue weighted by Crippen LogP contribution is -2.29. The smallest absolute Gasteiger partial charge is 0.314 e. The molecule has 0 atom stereocenters. The molecule has 1 aromatic heterocycles. The van der Waals surface area contributed by atoms with Gasteiger partial charge in [0.1, 0.15) is 0 Å².